The average Bonchev–Trinajstić information content (AvgIpc) is 2.33. The Balaban J connectivity index is 2.20. The van der Waals surface area contributed by atoms with Crippen LogP contribution in [0.25, 0.3) is 0 Å². The van der Waals surface area contributed by atoms with Gasteiger partial charge in [-0.1, -0.05) is 30.3 Å². The van der Waals surface area contributed by atoms with Crippen molar-refractivity contribution in [3.63, 3.8) is 0 Å². The zero-order valence-electron chi connectivity index (χ0n) is 10.2. The molecule has 1 nitrogen and oxygen atoms in total. The molecule has 0 aliphatic carbocycles. The first kappa shape index (κ1) is 12.6. The van der Waals surface area contributed by atoms with Crippen LogP contribution in [-0.4, -0.2) is 14.1 Å². The van der Waals surface area contributed by atoms with Gasteiger partial charge in [0.15, 0.2) is 0 Å². The quantitative estimate of drug-likeness (QED) is 0.585. The lowest BCUT2D eigenvalue weighted by atomic mass is 10.2. The van der Waals surface area contributed by atoms with Crippen LogP contribution in [0.1, 0.15) is 5.56 Å². The zero-order chi connectivity index (χ0) is 12.3. The van der Waals surface area contributed by atoms with E-state index in [4.69, 9.17) is 0 Å². The molecular weight excluding hydrogens is 321 g/mol. The molecule has 0 saturated heterocycles. The van der Waals surface area contributed by atoms with Crippen molar-refractivity contribution >= 4 is 28.3 Å². The van der Waals surface area contributed by atoms with Gasteiger partial charge >= 0.3 is 0 Å². The van der Waals surface area contributed by atoms with Crippen molar-refractivity contribution in [1.82, 2.24) is 4.48 Å². The Morgan fingerprint density at radius 1 is 0.882 bits per heavy atom. The molecule has 0 saturated carbocycles. The van der Waals surface area contributed by atoms with E-state index in [1.807, 2.05) is 0 Å². The first-order valence-corrected chi connectivity index (χ1v) is 6.79. The monoisotopic (exact) mass is 338 g/mol. The van der Waals surface area contributed by atoms with Crippen molar-refractivity contribution in [2.24, 2.45) is 0 Å². The first-order valence-electron chi connectivity index (χ1n) is 5.71. The highest BCUT2D eigenvalue weighted by Gasteiger charge is 2.18. The van der Waals surface area contributed by atoms with E-state index in [1.165, 1.54) is 14.8 Å². The first-order chi connectivity index (χ1) is 8.08. The summed E-state index contributed by atoms with van der Waals surface area (Å²) in [5.74, 6) is 0. The van der Waals surface area contributed by atoms with Gasteiger partial charge < -0.3 is 0 Å². The van der Waals surface area contributed by atoms with E-state index in [1.54, 1.807) is 0 Å². The van der Waals surface area contributed by atoms with Crippen LogP contribution in [0.4, 0.5) is 5.69 Å². The molecule has 0 heterocycles. The molecule has 0 radical (unpaired) electrons. The Labute approximate surface area is 117 Å². The maximum atomic E-state index is 2.34. The van der Waals surface area contributed by atoms with Gasteiger partial charge in [-0.25, -0.2) is 0 Å². The third-order valence-electron chi connectivity index (χ3n) is 2.95. The van der Waals surface area contributed by atoms with Crippen LogP contribution in [0, 0.1) is 3.57 Å². The van der Waals surface area contributed by atoms with Gasteiger partial charge in [-0.2, -0.15) is 0 Å². The highest BCUT2D eigenvalue weighted by Crippen LogP contribution is 2.21. The van der Waals surface area contributed by atoms with Crippen LogP contribution in [0.5, 0.6) is 0 Å². The van der Waals surface area contributed by atoms with Gasteiger partial charge in [-0.15, -0.1) is 0 Å². The van der Waals surface area contributed by atoms with Crippen LogP contribution in [0.15, 0.2) is 54.6 Å². The van der Waals surface area contributed by atoms with Crippen LogP contribution >= 0.6 is 22.6 Å². The molecule has 2 aromatic rings. The van der Waals surface area contributed by atoms with Gasteiger partial charge in [-0.3, -0.25) is 4.48 Å². The Morgan fingerprint density at radius 3 is 2.06 bits per heavy atom. The summed E-state index contributed by atoms with van der Waals surface area (Å²) >= 11 is 2.34. The number of nitrogens with zero attached hydrogens (tertiary/aromatic N) is 1. The minimum absolute atomic E-state index is 0.876. The molecule has 0 spiro atoms. The molecule has 0 unspecified atom stereocenters. The molecule has 0 atom stereocenters. The average molecular weight is 338 g/mol. The van der Waals surface area contributed by atoms with E-state index in [0.717, 1.165) is 11.0 Å². The van der Waals surface area contributed by atoms with Crippen LogP contribution < -0.4 is 4.48 Å². The second-order valence-corrected chi connectivity index (χ2v) is 6.05. The number of benzene rings is 2. The van der Waals surface area contributed by atoms with E-state index in [0.29, 0.717) is 0 Å². The predicted octanol–water partition coefficient (Wildman–Crippen LogP) is 4.06. The Morgan fingerprint density at radius 2 is 1.47 bits per heavy atom. The molecule has 2 aromatic carbocycles. The molecule has 2 rings (SSSR count). The molecule has 0 amide bonds. The van der Waals surface area contributed by atoms with Crippen molar-refractivity contribution in [2.75, 3.05) is 14.1 Å². The standard InChI is InChI=1S/C15H17IN/c1-17(2,15-6-4-3-5-7-15)12-13-8-10-14(16)11-9-13/h3-11H,12H2,1-2H3/q+1. The summed E-state index contributed by atoms with van der Waals surface area (Å²) in [6.45, 7) is 1.01. The summed E-state index contributed by atoms with van der Waals surface area (Å²) < 4.78 is 2.16. The smallest absolute Gasteiger partial charge is 0.132 e. The second-order valence-electron chi connectivity index (χ2n) is 4.81. The summed E-state index contributed by atoms with van der Waals surface area (Å²) in [5, 5.41) is 0. The lowest BCUT2D eigenvalue weighted by Crippen LogP contribution is -2.39. The Bertz CT molecular complexity index is 474. The van der Waals surface area contributed by atoms with Gasteiger partial charge in [0.05, 0.1) is 14.1 Å². The highest BCUT2D eigenvalue weighted by atomic mass is 127. The SMILES string of the molecule is C[N+](C)(Cc1ccc(I)cc1)c1ccccc1. The number of hydrogen-bond donors (Lipinski definition) is 0. The number of rotatable bonds is 3. The molecule has 88 valence electrons. The second kappa shape index (κ2) is 5.19. The van der Waals surface area contributed by atoms with Crippen LogP contribution in [0.2, 0.25) is 0 Å². The molecule has 0 bridgehead atoms. The number of halogens is 1. The third kappa shape index (κ3) is 3.30. The normalized spacial score (nSPS) is 11.5. The molecule has 17 heavy (non-hydrogen) atoms. The van der Waals surface area contributed by atoms with Crippen molar-refractivity contribution in [1.29, 1.82) is 0 Å². The molecule has 0 N–H and O–H groups in total. The van der Waals surface area contributed by atoms with Crippen molar-refractivity contribution < 1.29 is 0 Å². The number of quaternary nitrogens is 1. The van der Waals surface area contributed by atoms with Gasteiger partial charge in [0.25, 0.3) is 0 Å². The Hall–Kier alpha value is -0.870. The molecule has 0 aliphatic heterocycles. The largest absolute Gasteiger partial charge is 0.292 e. The van der Waals surface area contributed by atoms with E-state index < -0.39 is 0 Å². The fourth-order valence-corrected chi connectivity index (χ4v) is 2.33. The third-order valence-corrected chi connectivity index (χ3v) is 3.67. The molecule has 0 fully saturated rings. The number of hydrogen-bond acceptors (Lipinski definition) is 0. The van der Waals surface area contributed by atoms with Gasteiger partial charge in [0.2, 0.25) is 0 Å². The fourth-order valence-electron chi connectivity index (χ4n) is 1.97. The summed E-state index contributed by atoms with van der Waals surface area (Å²) in [7, 11) is 4.49. The van der Waals surface area contributed by atoms with E-state index in [9.17, 15) is 0 Å². The predicted molar refractivity (Wildman–Crippen MR) is 82.9 cm³/mol. The minimum Gasteiger partial charge on any atom is -0.292 e. The van der Waals surface area contributed by atoms with E-state index in [-0.39, 0.29) is 0 Å². The Kier molecular flexibility index (Phi) is 3.84. The summed E-state index contributed by atoms with van der Waals surface area (Å²) in [5.41, 5.74) is 2.71. The fraction of sp³-hybridized carbons (Fsp3) is 0.200. The van der Waals surface area contributed by atoms with Gasteiger partial charge in [0, 0.05) is 9.13 Å². The highest BCUT2D eigenvalue weighted by molar-refractivity contribution is 14.1. The van der Waals surface area contributed by atoms with Crippen molar-refractivity contribution in [2.45, 2.75) is 6.54 Å². The van der Waals surface area contributed by atoms with Crippen molar-refractivity contribution in [3.8, 4) is 0 Å². The lowest BCUT2D eigenvalue weighted by molar-refractivity contribution is 0.392. The van der Waals surface area contributed by atoms with E-state index in [2.05, 4.69) is 91.3 Å². The topological polar surface area (TPSA) is 0 Å². The minimum atomic E-state index is 0.876. The summed E-state index contributed by atoms with van der Waals surface area (Å²) in [6, 6.07) is 19.4. The van der Waals surface area contributed by atoms with E-state index >= 15 is 0 Å². The maximum absolute atomic E-state index is 2.34. The molecular formula is C15H17IN+. The number of para-hydroxylation sites is 1. The molecule has 0 aliphatic rings. The van der Waals surface area contributed by atoms with Gasteiger partial charge in [0.1, 0.15) is 12.2 Å². The zero-order valence-corrected chi connectivity index (χ0v) is 12.4. The molecule has 2 heteroatoms. The summed E-state index contributed by atoms with van der Waals surface area (Å²) in [4.78, 5) is 0. The van der Waals surface area contributed by atoms with Crippen LogP contribution in [0.3, 0.4) is 0 Å². The lowest BCUT2D eigenvalue weighted by Gasteiger charge is -2.29. The maximum Gasteiger partial charge on any atom is 0.132 e. The van der Waals surface area contributed by atoms with Gasteiger partial charge in [-0.05, 0) is 46.9 Å². The van der Waals surface area contributed by atoms with Crippen LogP contribution in [-0.2, 0) is 6.54 Å². The molecule has 0 aromatic heterocycles. The summed E-state index contributed by atoms with van der Waals surface area (Å²) in [6.07, 6.45) is 0. The van der Waals surface area contributed by atoms with Crippen molar-refractivity contribution in [3.05, 3.63) is 63.7 Å².